The summed E-state index contributed by atoms with van der Waals surface area (Å²) in [5, 5.41) is 3.56. The van der Waals surface area contributed by atoms with Crippen LogP contribution in [0.25, 0.3) is 0 Å². The SMILES string of the molecule is NCCCCNCCCN(Cc1ccc(OCc2ccccc2)cc1)Cc1ccc(OCc2ccccc2)cc1. The van der Waals surface area contributed by atoms with Crippen molar-refractivity contribution in [2.45, 2.75) is 45.6 Å². The average Bonchev–Trinajstić information content (AvgIpc) is 3.01. The molecule has 0 saturated carbocycles. The third kappa shape index (κ3) is 10.9. The zero-order chi connectivity index (χ0) is 27.7. The predicted molar refractivity (Wildman–Crippen MR) is 164 cm³/mol. The summed E-state index contributed by atoms with van der Waals surface area (Å²) in [6, 6.07) is 37.6. The summed E-state index contributed by atoms with van der Waals surface area (Å²) in [5.41, 5.74) is 10.5. The Hall–Kier alpha value is -3.64. The molecule has 0 spiro atoms. The Balaban J connectivity index is 1.30. The van der Waals surface area contributed by atoms with E-state index in [4.69, 9.17) is 15.2 Å². The highest BCUT2D eigenvalue weighted by Gasteiger charge is 2.09. The largest absolute Gasteiger partial charge is 0.489 e. The highest BCUT2D eigenvalue weighted by Crippen LogP contribution is 2.19. The first kappa shape index (κ1) is 29.3. The van der Waals surface area contributed by atoms with E-state index in [0.717, 1.165) is 70.0 Å². The molecule has 0 unspecified atom stereocenters. The second-order valence-electron chi connectivity index (χ2n) is 10.1. The third-order valence-electron chi connectivity index (χ3n) is 6.79. The Morgan fingerprint density at radius 3 is 1.48 bits per heavy atom. The number of rotatable bonds is 18. The topological polar surface area (TPSA) is 59.8 Å². The molecule has 4 aromatic rings. The van der Waals surface area contributed by atoms with Gasteiger partial charge in [-0.15, -0.1) is 0 Å². The van der Waals surface area contributed by atoms with Crippen molar-refractivity contribution < 1.29 is 9.47 Å². The van der Waals surface area contributed by atoms with Crippen LogP contribution in [0.15, 0.2) is 109 Å². The molecule has 0 aliphatic heterocycles. The Labute approximate surface area is 239 Å². The van der Waals surface area contributed by atoms with E-state index >= 15 is 0 Å². The van der Waals surface area contributed by atoms with Gasteiger partial charge in [0.2, 0.25) is 0 Å². The molecule has 4 aromatic carbocycles. The van der Waals surface area contributed by atoms with Crippen LogP contribution in [0.5, 0.6) is 11.5 Å². The Kier molecular flexibility index (Phi) is 12.6. The normalized spacial score (nSPS) is 11.1. The van der Waals surface area contributed by atoms with Crippen LogP contribution in [-0.2, 0) is 26.3 Å². The van der Waals surface area contributed by atoms with E-state index in [9.17, 15) is 0 Å². The number of hydrogen-bond acceptors (Lipinski definition) is 5. The minimum absolute atomic E-state index is 0.579. The van der Waals surface area contributed by atoms with Crippen molar-refractivity contribution in [1.29, 1.82) is 0 Å². The van der Waals surface area contributed by atoms with E-state index < -0.39 is 0 Å². The van der Waals surface area contributed by atoms with E-state index in [0.29, 0.717) is 13.2 Å². The molecule has 0 amide bonds. The number of nitrogens with two attached hydrogens (primary N) is 1. The minimum atomic E-state index is 0.579. The standard InChI is InChI=1S/C35H43N3O2/c36-22-7-8-23-37-24-9-25-38(26-30-14-18-34(19-15-30)39-28-32-10-3-1-4-11-32)27-31-16-20-35(21-17-31)40-29-33-12-5-2-6-13-33/h1-6,10-21,37H,7-9,22-29,36H2. The molecule has 3 N–H and O–H groups in total. The van der Waals surface area contributed by atoms with Gasteiger partial charge < -0.3 is 20.5 Å². The molecule has 0 bridgehead atoms. The number of ether oxygens (including phenoxy) is 2. The average molecular weight is 538 g/mol. The van der Waals surface area contributed by atoms with Crippen LogP contribution in [0, 0.1) is 0 Å². The number of nitrogens with zero attached hydrogens (tertiary/aromatic N) is 1. The number of nitrogens with one attached hydrogen (secondary N) is 1. The van der Waals surface area contributed by atoms with Crippen molar-refractivity contribution in [1.82, 2.24) is 10.2 Å². The maximum Gasteiger partial charge on any atom is 0.119 e. The molecule has 40 heavy (non-hydrogen) atoms. The summed E-state index contributed by atoms with van der Waals surface area (Å²) in [7, 11) is 0. The highest BCUT2D eigenvalue weighted by molar-refractivity contribution is 5.29. The summed E-state index contributed by atoms with van der Waals surface area (Å²) in [6.07, 6.45) is 3.31. The summed E-state index contributed by atoms with van der Waals surface area (Å²) in [6.45, 7) is 6.76. The van der Waals surface area contributed by atoms with Gasteiger partial charge in [0.05, 0.1) is 0 Å². The van der Waals surface area contributed by atoms with Gasteiger partial charge in [0.1, 0.15) is 24.7 Å². The van der Waals surface area contributed by atoms with E-state index in [-0.39, 0.29) is 0 Å². The molecule has 4 rings (SSSR count). The quantitative estimate of drug-likeness (QED) is 0.141. The molecule has 210 valence electrons. The lowest BCUT2D eigenvalue weighted by Crippen LogP contribution is -2.27. The molecule has 0 fully saturated rings. The van der Waals surface area contributed by atoms with Gasteiger partial charge in [0.25, 0.3) is 0 Å². The van der Waals surface area contributed by atoms with Crippen LogP contribution < -0.4 is 20.5 Å². The van der Waals surface area contributed by atoms with Gasteiger partial charge in [-0.2, -0.15) is 0 Å². The van der Waals surface area contributed by atoms with Gasteiger partial charge in [0, 0.05) is 19.6 Å². The Morgan fingerprint density at radius 2 is 1.00 bits per heavy atom. The van der Waals surface area contributed by atoms with Gasteiger partial charge >= 0.3 is 0 Å². The number of benzene rings is 4. The summed E-state index contributed by atoms with van der Waals surface area (Å²) in [5.74, 6) is 1.79. The van der Waals surface area contributed by atoms with E-state index in [2.05, 4.69) is 83.0 Å². The van der Waals surface area contributed by atoms with Crippen LogP contribution in [0.1, 0.15) is 41.5 Å². The predicted octanol–water partition coefficient (Wildman–Crippen LogP) is 6.57. The van der Waals surface area contributed by atoms with Crippen molar-refractivity contribution in [3.63, 3.8) is 0 Å². The Bertz CT molecular complexity index is 1110. The number of hydrogen-bond donors (Lipinski definition) is 2. The fourth-order valence-corrected chi connectivity index (χ4v) is 4.54. The lowest BCUT2D eigenvalue weighted by Gasteiger charge is -2.23. The molecule has 0 radical (unpaired) electrons. The van der Waals surface area contributed by atoms with Crippen molar-refractivity contribution in [2.24, 2.45) is 5.73 Å². The third-order valence-corrected chi connectivity index (χ3v) is 6.79. The molecule has 5 heteroatoms. The van der Waals surface area contributed by atoms with E-state index in [1.807, 2.05) is 36.4 Å². The van der Waals surface area contributed by atoms with Crippen molar-refractivity contribution in [3.05, 3.63) is 131 Å². The lowest BCUT2D eigenvalue weighted by molar-refractivity contribution is 0.251. The first-order valence-electron chi connectivity index (χ1n) is 14.4. The molecule has 5 nitrogen and oxygen atoms in total. The van der Waals surface area contributed by atoms with Crippen molar-refractivity contribution >= 4 is 0 Å². The van der Waals surface area contributed by atoms with E-state index in [1.54, 1.807) is 0 Å². The van der Waals surface area contributed by atoms with E-state index in [1.165, 1.54) is 22.3 Å². The molecule has 0 aliphatic rings. The van der Waals surface area contributed by atoms with Crippen LogP contribution in [-0.4, -0.2) is 31.1 Å². The first-order valence-corrected chi connectivity index (χ1v) is 14.4. The molecular formula is C35H43N3O2. The van der Waals surface area contributed by atoms with Crippen molar-refractivity contribution in [3.8, 4) is 11.5 Å². The molecule has 0 heterocycles. The van der Waals surface area contributed by atoms with Gasteiger partial charge in [-0.3, -0.25) is 4.90 Å². The lowest BCUT2D eigenvalue weighted by atomic mass is 10.1. The van der Waals surface area contributed by atoms with Crippen LogP contribution in [0.2, 0.25) is 0 Å². The first-order chi connectivity index (χ1) is 19.8. The zero-order valence-corrected chi connectivity index (χ0v) is 23.5. The fraction of sp³-hybridized carbons (Fsp3) is 0.314. The zero-order valence-electron chi connectivity index (χ0n) is 23.5. The van der Waals surface area contributed by atoms with Gasteiger partial charge in [-0.25, -0.2) is 0 Å². The monoisotopic (exact) mass is 537 g/mol. The summed E-state index contributed by atoms with van der Waals surface area (Å²) in [4.78, 5) is 2.52. The molecule has 0 atom stereocenters. The minimum Gasteiger partial charge on any atom is -0.489 e. The molecule has 0 aromatic heterocycles. The van der Waals surface area contributed by atoms with Crippen LogP contribution in [0.3, 0.4) is 0 Å². The molecular weight excluding hydrogens is 494 g/mol. The van der Waals surface area contributed by atoms with Crippen LogP contribution >= 0.6 is 0 Å². The maximum atomic E-state index is 5.99. The van der Waals surface area contributed by atoms with Crippen molar-refractivity contribution in [2.75, 3.05) is 26.2 Å². The van der Waals surface area contributed by atoms with Gasteiger partial charge in [-0.05, 0) is 85.4 Å². The van der Waals surface area contributed by atoms with Gasteiger partial charge in [-0.1, -0.05) is 84.9 Å². The van der Waals surface area contributed by atoms with Crippen LogP contribution in [0.4, 0.5) is 0 Å². The second-order valence-corrected chi connectivity index (χ2v) is 10.1. The fourth-order valence-electron chi connectivity index (χ4n) is 4.54. The Morgan fingerprint density at radius 1 is 0.525 bits per heavy atom. The summed E-state index contributed by atoms with van der Waals surface area (Å²) < 4.78 is 12.0. The summed E-state index contributed by atoms with van der Waals surface area (Å²) >= 11 is 0. The second kappa shape index (κ2) is 17.1. The molecule has 0 saturated heterocycles. The highest BCUT2D eigenvalue weighted by atomic mass is 16.5. The number of unbranched alkanes of at least 4 members (excludes halogenated alkanes) is 1. The molecule has 0 aliphatic carbocycles. The smallest absolute Gasteiger partial charge is 0.119 e. The maximum absolute atomic E-state index is 5.99. The van der Waals surface area contributed by atoms with Gasteiger partial charge in [0.15, 0.2) is 0 Å².